The van der Waals surface area contributed by atoms with Crippen LogP contribution in [0.2, 0.25) is 0 Å². The van der Waals surface area contributed by atoms with Crippen LogP contribution in [0.15, 0.2) is 0 Å². The Labute approximate surface area is 102 Å². The second-order valence-electron chi connectivity index (χ2n) is 4.89. The molecule has 2 fully saturated rings. The number of hydrogen-bond donors (Lipinski definition) is 2. The molecule has 2 atom stereocenters. The van der Waals surface area contributed by atoms with Crippen molar-refractivity contribution in [2.24, 2.45) is 11.7 Å². The first-order valence-electron chi connectivity index (χ1n) is 6.01. The number of carbonyl (C=O) groups is 1. The van der Waals surface area contributed by atoms with Crippen molar-refractivity contribution in [1.29, 1.82) is 0 Å². The highest BCUT2D eigenvalue weighted by Crippen LogP contribution is 2.43. The molecule has 0 aromatic rings. The topological polar surface area (TPSA) is 92.5 Å². The first kappa shape index (κ1) is 12.8. The van der Waals surface area contributed by atoms with Gasteiger partial charge in [-0.25, -0.2) is 4.72 Å². The van der Waals surface area contributed by atoms with E-state index in [4.69, 9.17) is 5.73 Å². The number of amides is 1. The zero-order valence-electron chi connectivity index (χ0n) is 9.98. The average molecular weight is 261 g/mol. The van der Waals surface area contributed by atoms with E-state index in [-0.39, 0.29) is 5.92 Å². The summed E-state index contributed by atoms with van der Waals surface area (Å²) in [7, 11) is -3.68. The van der Waals surface area contributed by atoms with Crippen molar-refractivity contribution in [2.75, 3.05) is 13.1 Å². The molecular formula is C10H19N3O3S. The van der Waals surface area contributed by atoms with Crippen molar-refractivity contribution in [3.05, 3.63) is 0 Å². The van der Waals surface area contributed by atoms with Crippen LogP contribution >= 0.6 is 0 Å². The highest BCUT2D eigenvalue weighted by molar-refractivity contribution is 7.87. The predicted molar refractivity (Wildman–Crippen MR) is 63.2 cm³/mol. The highest BCUT2D eigenvalue weighted by atomic mass is 32.2. The lowest BCUT2D eigenvalue weighted by atomic mass is 10.2. The predicted octanol–water partition coefficient (Wildman–Crippen LogP) is -0.429. The van der Waals surface area contributed by atoms with E-state index < -0.39 is 21.7 Å². The molecule has 1 heterocycles. The molecule has 1 amide bonds. The van der Waals surface area contributed by atoms with Crippen molar-refractivity contribution >= 4 is 16.1 Å². The van der Waals surface area contributed by atoms with Gasteiger partial charge in [0, 0.05) is 13.1 Å². The van der Waals surface area contributed by atoms with Crippen LogP contribution < -0.4 is 10.5 Å². The van der Waals surface area contributed by atoms with Crippen LogP contribution in [0.5, 0.6) is 0 Å². The minimum Gasteiger partial charge on any atom is -0.317 e. The molecule has 6 nitrogen and oxygen atoms in total. The first-order valence-corrected chi connectivity index (χ1v) is 7.45. The Balaban J connectivity index is 1.99. The molecule has 0 radical (unpaired) electrons. The summed E-state index contributed by atoms with van der Waals surface area (Å²) in [5.74, 6) is -0.451. The third kappa shape index (κ3) is 2.31. The maximum Gasteiger partial charge on any atom is 0.303 e. The molecule has 98 valence electrons. The number of hydrogen-bond acceptors (Lipinski definition) is 4. The summed E-state index contributed by atoms with van der Waals surface area (Å²) in [4.78, 5) is 11.8. The summed E-state index contributed by atoms with van der Waals surface area (Å²) in [6.07, 6.45) is 3.07. The highest BCUT2D eigenvalue weighted by Gasteiger charge is 2.56. The van der Waals surface area contributed by atoms with Gasteiger partial charge >= 0.3 is 10.2 Å². The molecule has 7 heteroatoms. The van der Waals surface area contributed by atoms with E-state index in [0.717, 1.165) is 19.3 Å². The lowest BCUT2D eigenvalue weighted by Gasteiger charge is -2.18. The van der Waals surface area contributed by atoms with Gasteiger partial charge < -0.3 is 5.73 Å². The van der Waals surface area contributed by atoms with Crippen LogP contribution in [0.3, 0.4) is 0 Å². The Hall–Kier alpha value is -0.660. The Kier molecular flexibility index (Phi) is 3.17. The number of nitrogens with zero attached hydrogens (tertiary/aromatic N) is 1. The maximum absolute atomic E-state index is 11.9. The zero-order chi connectivity index (χ0) is 12.7. The largest absolute Gasteiger partial charge is 0.317 e. The minimum absolute atomic E-state index is 0.108. The molecule has 1 aliphatic carbocycles. The number of nitrogens with two attached hydrogens (primary N) is 1. The first-order chi connectivity index (χ1) is 7.90. The molecular weight excluding hydrogens is 242 g/mol. The molecule has 1 aliphatic heterocycles. The molecule has 0 aromatic carbocycles. The molecule has 2 aliphatic rings. The number of rotatable bonds is 4. The van der Waals surface area contributed by atoms with Gasteiger partial charge in [-0.2, -0.15) is 12.7 Å². The summed E-state index contributed by atoms with van der Waals surface area (Å²) in [6.45, 7) is 2.91. The average Bonchev–Trinajstić information content (AvgIpc) is 2.72. The molecule has 3 N–H and O–H groups in total. The number of carbonyl (C=O) groups excluding carboxylic acids is 1. The Morgan fingerprint density at radius 2 is 2.06 bits per heavy atom. The normalized spacial score (nSPS) is 33.6. The van der Waals surface area contributed by atoms with Gasteiger partial charge in [0.05, 0.1) is 5.54 Å². The summed E-state index contributed by atoms with van der Waals surface area (Å²) < 4.78 is 27.1. The van der Waals surface area contributed by atoms with Crippen molar-refractivity contribution in [1.82, 2.24) is 9.03 Å². The quantitative estimate of drug-likeness (QED) is 0.718. The van der Waals surface area contributed by atoms with Gasteiger partial charge in [-0.05, 0) is 25.2 Å². The van der Waals surface area contributed by atoms with Gasteiger partial charge in [-0.1, -0.05) is 13.3 Å². The van der Waals surface area contributed by atoms with E-state index in [9.17, 15) is 13.2 Å². The van der Waals surface area contributed by atoms with Crippen LogP contribution in [-0.2, 0) is 15.0 Å². The fourth-order valence-electron chi connectivity index (χ4n) is 2.34. The van der Waals surface area contributed by atoms with Gasteiger partial charge in [0.15, 0.2) is 0 Å². The van der Waals surface area contributed by atoms with Gasteiger partial charge in [-0.3, -0.25) is 4.79 Å². The summed E-state index contributed by atoms with van der Waals surface area (Å²) in [5.41, 5.74) is 4.89. The molecule has 1 saturated carbocycles. The van der Waals surface area contributed by atoms with Crippen LogP contribution in [0, 0.1) is 5.92 Å². The zero-order valence-corrected chi connectivity index (χ0v) is 10.8. The fraction of sp³-hybridized carbons (Fsp3) is 0.900. The molecule has 0 bridgehead atoms. The van der Waals surface area contributed by atoms with E-state index in [1.165, 1.54) is 4.31 Å². The third-order valence-corrected chi connectivity index (χ3v) is 5.18. The third-order valence-electron chi connectivity index (χ3n) is 3.69. The second kappa shape index (κ2) is 4.22. The van der Waals surface area contributed by atoms with Crippen LogP contribution in [0.4, 0.5) is 0 Å². The van der Waals surface area contributed by atoms with Crippen molar-refractivity contribution < 1.29 is 13.2 Å². The van der Waals surface area contributed by atoms with Gasteiger partial charge in [0.1, 0.15) is 0 Å². The molecule has 17 heavy (non-hydrogen) atoms. The van der Waals surface area contributed by atoms with Crippen molar-refractivity contribution in [3.8, 4) is 0 Å². The van der Waals surface area contributed by atoms with Crippen molar-refractivity contribution in [3.63, 3.8) is 0 Å². The van der Waals surface area contributed by atoms with Crippen LogP contribution in [0.1, 0.15) is 32.6 Å². The molecule has 2 unspecified atom stereocenters. The lowest BCUT2D eigenvalue weighted by molar-refractivity contribution is -0.121. The Bertz CT molecular complexity index is 417. The minimum atomic E-state index is -3.68. The Morgan fingerprint density at radius 1 is 1.47 bits per heavy atom. The number of nitrogens with one attached hydrogen (secondary N) is 1. The standard InChI is InChI=1S/C10H19N3O3S/c1-2-8-7-10(8,11)9(14)12-17(15,16)13-5-3-4-6-13/h8H,2-7,11H2,1H3,(H,12,14). The van der Waals surface area contributed by atoms with E-state index in [2.05, 4.69) is 4.72 Å². The van der Waals surface area contributed by atoms with E-state index in [0.29, 0.717) is 19.5 Å². The van der Waals surface area contributed by atoms with Gasteiger partial charge in [0.25, 0.3) is 5.91 Å². The molecule has 2 rings (SSSR count). The Morgan fingerprint density at radius 3 is 2.53 bits per heavy atom. The van der Waals surface area contributed by atoms with Crippen LogP contribution in [-0.4, -0.2) is 37.3 Å². The fourth-order valence-corrected chi connectivity index (χ4v) is 3.63. The molecule has 0 spiro atoms. The summed E-state index contributed by atoms with van der Waals surface area (Å²) in [6, 6.07) is 0. The maximum atomic E-state index is 11.9. The van der Waals surface area contributed by atoms with Gasteiger partial charge in [0.2, 0.25) is 0 Å². The monoisotopic (exact) mass is 261 g/mol. The molecule has 0 aromatic heterocycles. The SMILES string of the molecule is CCC1CC1(N)C(=O)NS(=O)(=O)N1CCCC1. The lowest BCUT2D eigenvalue weighted by Crippen LogP contribution is -2.50. The summed E-state index contributed by atoms with van der Waals surface area (Å²) >= 11 is 0. The van der Waals surface area contributed by atoms with E-state index in [1.807, 2.05) is 6.92 Å². The summed E-state index contributed by atoms with van der Waals surface area (Å²) in [5, 5.41) is 0. The second-order valence-corrected chi connectivity index (χ2v) is 6.56. The van der Waals surface area contributed by atoms with Crippen LogP contribution in [0.25, 0.3) is 0 Å². The van der Waals surface area contributed by atoms with Gasteiger partial charge in [-0.15, -0.1) is 0 Å². The van der Waals surface area contributed by atoms with E-state index >= 15 is 0 Å². The van der Waals surface area contributed by atoms with E-state index in [1.54, 1.807) is 0 Å². The smallest absolute Gasteiger partial charge is 0.303 e. The molecule has 1 saturated heterocycles. The van der Waals surface area contributed by atoms with Crippen molar-refractivity contribution in [2.45, 2.75) is 38.1 Å².